The molecule has 0 aliphatic carbocycles. The number of nitrogens with zero attached hydrogens (tertiary/aromatic N) is 2. The number of aliphatic hydroxyl groups is 1. The summed E-state index contributed by atoms with van der Waals surface area (Å²) in [5, 5.41) is 17.1. The molecule has 1 heterocycles. The largest absolute Gasteiger partial charge is 0.497 e. The van der Waals surface area contributed by atoms with Crippen LogP contribution in [0.25, 0.3) is 0 Å². The Labute approximate surface area is 143 Å². The zero-order chi connectivity index (χ0) is 17.7. The molecule has 0 radical (unpaired) electrons. The highest BCUT2D eigenvalue weighted by atomic mass is 16.5. The van der Waals surface area contributed by atoms with Crippen LogP contribution in [0.3, 0.4) is 0 Å². The van der Waals surface area contributed by atoms with Gasteiger partial charge >= 0.3 is 0 Å². The Balaban J connectivity index is 2.15. The van der Waals surface area contributed by atoms with Gasteiger partial charge in [0, 0.05) is 29.4 Å². The minimum absolute atomic E-state index is 0.0895. The highest BCUT2D eigenvalue weighted by Gasteiger charge is 2.15. The molecule has 1 atom stereocenters. The van der Waals surface area contributed by atoms with Gasteiger partial charge < -0.3 is 19.9 Å². The van der Waals surface area contributed by atoms with E-state index in [1.165, 1.54) is 0 Å². The van der Waals surface area contributed by atoms with Crippen molar-refractivity contribution >= 4 is 0 Å². The highest BCUT2D eigenvalue weighted by molar-refractivity contribution is 5.42. The maximum atomic E-state index is 9.12. The van der Waals surface area contributed by atoms with E-state index >= 15 is 0 Å². The van der Waals surface area contributed by atoms with Crippen molar-refractivity contribution in [1.29, 1.82) is 0 Å². The van der Waals surface area contributed by atoms with Crippen molar-refractivity contribution in [1.82, 2.24) is 15.1 Å². The molecule has 0 unspecified atom stereocenters. The van der Waals surface area contributed by atoms with Crippen LogP contribution in [0.4, 0.5) is 0 Å². The van der Waals surface area contributed by atoms with Crippen molar-refractivity contribution in [3.63, 3.8) is 0 Å². The normalized spacial score (nSPS) is 12.2. The fourth-order valence-electron chi connectivity index (χ4n) is 2.85. The Morgan fingerprint density at radius 3 is 2.62 bits per heavy atom. The molecule has 0 fully saturated rings. The molecule has 0 spiro atoms. The summed E-state index contributed by atoms with van der Waals surface area (Å²) in [5.74, 6) is 1.64. The number of rotatable bonds is 8. The first-order chi connectivity index (χ1) is 11.5. The molecule has 1 aromatic carbocycles. The van der Waals surface area contributed by atoms with Crippen LogP contribution >= 0.6 is 0 Å². The lowest BCUT2D eigenvalue weighted by atomic mass is 10.1. The van der Waals surface area contributed by atoms with Gasteiger partial charge in [-0.2, -0.15) is 5.10 Å². The first kappa shape index (κ1) is 18.3. The second kappa shape index (κ2) is 8.17. The van der Waals surface area contributed by atoms with Crippen LogP contribution in [0.2, 0.25) is 0 Å². The van der Waals surface area contributed by atoms with E-state index in [2.05, 4.69) is 17.3 Å². The van der Waals surface area contributed by atoms with Gasteiger partial charge in [-0.05, 0) is 39.0 Å². The fraction of sp³-hybridized carbons (Fsp3) is 0.500. The number of nitrogens with one attached hydrogen (secondary N) is 1. The molecule has 2 aromatic rings. The third kappa shape index (κ3) is 3.88. The van der Waals surface area contributed by atoms with Gasteiger partial charge in [-0.25, -0.2) is 0 Å². The lowest BCUT2D eigenvalue weighted by molar-refractivity contribution is 0.267. The molecule has 2 rings (SSSR count). The molecular formula is C18H27N3O3. The monoisotopic (exact) mass is 333 g/mol. The molecule has 0 aliphatic rings. The maximum absolute atomic E-state index is 9.12. The van der Waals surface area contributed by atoms with Crippen molar-refractivity contribution in [3.8, 4) is 11.5 Å². The molecule has 24 heavy (non-hydrogen) atoms. The van der Waals surface area contributed by atoms with Gasteiger partial charge in [0.15, 0.2) is 0 Å². The van der Waals surface area contributed by atoms with Crippen LogP contribution in [0.1, 0.15) is 35.5 Å². The van der Waals surface area contributed by atoms with Crippen molar-refractivity contribution in [2.75, 3.05) is 20.8 Å². The van der Waals surface area contributed by atoms with Crippen molar-refractivity contribution in [2.45, 2.75) is 39.9 Å². The van der Waals surface area contributed by atoms with Crippen LogP contribution in [0.5, 0.6) is 11.5 Å². The first-order valence-electron chi connectivity index (χ1n) is 8.10. The second-order valence-corrected chi connectivity index (χ2v) is 5.81. The summed E-state index contributed by atoms with van der Waals surface area (Å²) in [7, 11) is 3.33. The minimum Gasteiger partial charge on any atom is -0.497 e. The van der Waals surface area contributed by atoms with E-state index in [0.29, 0.717) is 13.1 Å². The lowest BCUT2D eigenvalue weighted by Crippen LogP contribution is -2.19. The van der Waals surface area contributed by atoms with Gasteiger partial charge in [0.25, 0.3) is 0 Å². The molecule has 6 heteroatoms. The Morgan fingerprint density at radius 2 is 2.00 bits per heavy atom. The van der Waals surface area contributed by atoms with Crippen LogP contribution in [0, 0.1) is 13.8 Å². The minimum atomic E-state index is 0.0895. The zero-order valence-electron chi connectivity index (χ0n) is 15.1. The zero-order valence-corrected chi connectivity index (χ0v) is 15.1. The van der Waals surface area contributed by atoms with Crippen molar-refractivity contribution in [2.24, 2.45) is 0 Å². The van der Waals surface area contributed by atoms with E-state index in [1.54, 1.807) is 14.2 Å². The van der Waals surface area contributed by atoms with Crippen molar-refractivity contribution < 1.29 is 14.6 Å². The van der Waals surface area contributed by atoms with Gasteiger partial charge in [0.1, 0.15) is 11.5 Å². The number of ether oxygens (including phenoxy) is 2. The Morgan fingerprint density at radius 1 is 1.25 bits per heavy atom. The fourth-order valence-corrected chi connectivity index (χ4v) is 2.85. The predicted octanol–water partition coefficient (Wildman–Crippen LogP) is 2.36. The van der Waals surface area contributed by atoms with E-state index in [1.807, 2.05) is 36.7 Å². The van der Waals surface area contributed by atoms with Gasteiger partial charge in [0.05, 0.1) is 33.1 Å². The average Bonchev–Trinajstić information content (AvgIpc) is 2.86. The first-order valence-corrected chi connectivity index (χ1v) is 8.10. The topological polar surface area (TPSA) is 68.5 Å². The number of aromatic nitrogens is 2. The van der Waals surface area contributed by atoms with Crippen molar-refractivity contribution in [3.05, 3.63) is 40.7 Å². The summed E-state index contributed by atoms with van der Waals surface area (Å²) in [5.41, 5.74) is 4.28. The Hall–Kier alpha value is -2.05. The van der Waals surface area contributed by atoms with E-state index in [4.69, 9.17) is 14.6 Å². The van der Waals surface area contributed by atoms with E-state index < -0.39 is 0 Å². The molecule has 0 bridgehead atoms. The summed E-state index contributed by atoms with van der Waals surface area (Å²) in [6.07, 6.45) is 0. The summed E-state index contributed by atoms with van der Waals surface area (Å²) in [6, 6.07) is 5.89. The van der Waals surface area contributed by atoms with E-state index in [-0.39, 0.29) is 12.6 Å². The van der Waals surface area contributed by atoms with Gasteiger partial charge in [-0.15, -0.1) is 0 Å². The maximum Gasteiger partial charge on any atom is 0.123 e. The molecule has 0 aliphatic heterocycles. The van der Waals surface area contributed by atoms with Crippen LogP contribution in [0.15, 0.2) is 18.2 Å². The number of methoxy groups -OCH3 is 2. The van der Waals surface area contributed by atoms with Crippen LogP contribution in [-0.4, -0.2) is 35.7 Å². The molecule has 0 amide bonds. The average molecular weight is 333 g/mol. The quantitative estimate of drug-likeness (QED) is 0.776. The Kier molecular flexibility index (Phi) is 6.23. The van der Waals surface area contributed by atoms with Crippen LogP contribution in [-0.2, 0) is 13.1 Å². The third-order valence-corrected chi connectivity index (χ3v) is 4.33. The van der Waals surface area contributed by atoms with Gasteiger partial charge in [0.2, 0.25) is 0 Å². The Bertz CT molecular complexity index is 682. The number of aryl methyl sites for hydroxylation is 1. The number of hydrogen-bond acceptors (Lipinski definition) is 5. The predicted molar refractivity (Wildman–Crippen MR) is 93.6 cm³/mol. The molecule has 0 saturated heterocycles. The molecule has 6 nitrogen and oxygen atoms in total. The van der Waals surface area contributed by atoms with Gasteiger partial charge in [-0.1, -0.05) is 0 Å². The second-order valence-electron chi connectivity index (χ2n) is 5.81. The van der Waals surface area contributed by atoms with E-state index in [0.717, 1.165) is 34.0 Å². The summed E-state index contributed by atoms with van der Waals surface area (Å²) in [4.78, 5) is 0. The number of aliphatic hydroxyl groups excluding tert-OH is 1. The summed E-state index contributed by atoms with van der Waals surface area (Å²) in [6.45, 7) is 7.43. The number of hydrogen-bond donors (Lipinski definition) is 2. The molecule has 0 saturated carbocycles. The number of benzene rings is 1. The van der Waals surface area contributed by atoms with E-state index in [9.17, 15) is 0 Å². The third-order valence-electron chi connectivity index (χ3n) is 4.33. The highest BCUT2D eigenvalue weighted by Crippen LogP contribution is 2.29. The molecule has 2 N–H and O–H groups in total. The van der Waals surface area contributed by atoms with Crippen LogP contribution < -0.4 is 14.8 Å². The standard InChI is InChI=1S/C18H27N3O3/c1-12(16-10-15(23-4)6-7-18(16)24-5)19-11-17-13(2)20-21(8-9-22)14(17)3/h6-7,10,12,19,22H,8-9,11H2,1-5H3/t12-/m0/s1. The SMILES string of the molecule is COc1ccc(OC)c([C@H](C)NCc2c(C)nn(CCO)c2C)c1. The smallest absolute Gasteiger partial charge is 0.123 e. The summed E-state index contributed by atoms with van der Waals surface area (Å²) < 4.78 is 12.6. The molecule has 1 aromatic heterocycles. The van der Waals surface area contributed by atoms with Gasteiger partial charge in [-0.3, -0.25) is 4.68 Å². The molecular weight excluding hydrogens is 306 g/mol. The summed E-state index contributed by atoms with van der Waals surface area (Å²) >= 11 is 0. The lowest BCUT2D eigenvalue weighted by Gasteiger charge is -2.18. The molecule has 132 valence electrons.